The summed E-state index contributed by atoms with van der Waals surface area (Å²) in [4.78, 5) is 15.6. The van der Waals surface area contributed by atoms with Crippen LogP contribution in [0.3, 0.4) is 0 Å². The maximum Gasteiger partial charge on any atom is 0.308 e. The van der Waals surface area contributed by atoms with Gasteiger partial charge in [0, 0.05) is 31.5 Å². The number of carbonyl (C=O) groups excluding carboxylic acids is 1. The summed E-state index contributed by atoms with van der Waals surface area (Å²) in [5, 5.41) is 3.56. The Morgan fingerprint density at radius 3 is 2.79 bits per heavy atom. The molecule has 0 aliphatic heterocycles. The summed E-state index contributed by atoms with van der Waals surface area (Å²) < 4.78 is 6.94. The number of hydrogen-bond donors (Lipinski definition) is 1. The molecular weight excluding hydrogens is 242 g/mol. The highest BCUT2D eigenvalue weighted by Crippen LogP contribution is 2.25. The van der Waals surface area contributed by atoms with Crippen LogP contribution in [0.5, 0.6) is 0 Å². The lowest BCUT2D eigenvalue weighted by Gasteiger charge is -2.27. The van der Waals surface area contributed by atoms with Crippen molar-refractivity contribution in [3.8, 4) is 0 Å². The molecule has 1 aliphatic rings. The van der Waals surface area contributed by atoms with E-state index in [0.29, 0.717) is 6.04 Å². The van der Waals surface area contributed by atoms with Gasteiger partial charge in [-0.05, 0) is 32.6 Å². The first kappa shape index (κ1) is 14.1. The summed E-state index contributed by atoms with van der Waals surface area (Å²) in [5.74, 6) is 1.11. The van der Waals surface area contributed by atoms with Gasteiger partial charge in [0.05, 0.1) is 13.0 Å². The molecule has 0 amide bonds. The Hall–Kier alpha value is -1.36. The van der Waals surface area contributed by atoms with E-state index in [2.05, 4.69) is 14.9 Å². The van der Waals surface area contributed by atoms with Gasteiger partial charge in [-0.15, -0.1) is 0 Å². The van der Waals surface area contributed by atoms with Gasteiger partial charge >= 0.3 is 5.97 Å². The van der Waals surface area contributed by atoms with Crippen LogP contribution in [-0.4, -0.2) is 35.2 Å². The summed E-state index contributed by atoms with van der Waals surface area (Å²) in [6.07, 6.45) is 7.83. The highest BCUT2D eigenvalue weighted by molar-refractivity contribution is 5.72. The Morgan fingerprint density at radius 1 is 1.47 bits per heavy atom. The highest BCUT2D eigenvalue weighted by Gasteiger charge is 2.26. The van der Waals surface area contributed by atoms with E-state index in [0.717, 1.165) is 44.6 Å². The molecule has 2 rings (SSSR count). The van der Waals surface area contributed by atoms with Crippen LogP contribution in [-0.2, 0) is 16.1 Å². The monoisotopic (exact) mass is 265 g/mol. The average Bonchev–Trinajstić information content (AvgIpc) is 2.84. The zero-order valence-electron chi connectivity index (χ0n) is 11.8. The summed E-state index contributed by atoms with van der Waals surface area (Å²) in [6.45, 7) is 3.91. The van der Waals surface area contributed by atoms with Crippen molar-refractivity contribution in [3.05, 3.63) is 18.2 Å². The number of carbonyl (C=O) groups is 1. The van der Waals surface area contributed by atoms with Crippen LogP contribution in [0.2, 0.25) is 0 Å². The lowest BCUT2D eigenvalue weighted by molar-refractivity contribution is -0.146. The van der Waals surface area contributed by atoms with Gasteiger partial charge in [-0.2, -0.15) is 0 Å². The van der Waals surface area contributed by atoms with E-state index >= 15 is 0 Å². The summed E-state index contributed by atoms with van der Waals surface area (Å²) in [6, 6.07) is 0.532. The Kier molecular flexibility index (Phi) is 4.96. The number of nitrogens with zero attached hydrogens (tertiary/aromatic N) is 2. The van der Waals surface area contributed by atoms with Gasteiger partial charge in [0.15, 0.2) is 0 Å². The maximum atomic E-state index is 11.4. The van der Waals surface area contributed by atoms with Crippen molar-refractivity contribution < 1.29 is 9.53 Å². The van der Waals surface area contributed by atoms with Crippen LogP contribution in [0.1, 0.15) is 31.5 Å². The van der Waals surface area contributed by atoms with E-state index in [-0.39, 0.29) is 11.9 Å². The van der Waals surface area contributed by atoms with Gasteiger partial charge in [-0.25, -0.2) is 4.98 Å². The molecule has 1 fully saturated rings. The molecule has 1 aromatic heterocycles. The van der Waals surface area contributed by atoms with E-state index in [1.165, 1.54) is 7.11 Å². The zero-order valence-corrected chi connectivity index (χ0v) is 11.8. The smallest absolute Gasteiger partial charge is 0.308 e. The summed E-state index contributed by atoms with van der Waals surface area (Å²) >= 11 is 0. The number of imidazole rings is 1. The third kappa shape index (κ3) is 3.80. The third-order valence-corrected chi connectivity index (χ3v) is 3.97. The van der Waals surface area contributed by atoms with E-state index < -0.39 is 0 Å². The predicted octanol–water partition coefficient (Wildman–Crippen LogP) is 1.51. The molecule has 1 aromatic rings. The molecule has 0 atom stereocenters. The molecule has 1 aliphatic carbocycles. The van der Waals surface area contributed by atoms with Crippen molar-refractivity contribution in [2.45, 2.75) is 45.2 Å². The molecule has 1 N–H and O–H groups in total. The molecule has 1 heterocycles. The Bertz CT molecular complexity index is 409. The minimum atomic E-state index is -0.0486. The van der Waals surface area contributed by atoms with Crippen molar-refractivity contribution in [1.82, 2.24) is 14.9 Å². The molecular formula is C14H23N3O2. The summed E-state index contributed by atoms with van der Waals surface area (Å²) in [7, 11) is 1.47. The number of esters is 1. The predicted molar refractivity (Wildman–Crippen MR) is 72.7 cm³/mol. The first-order valence-electron chi connectivity index (χ1n) is 6.99. The number of ether oxygens (including phenoxy) is 1. The average molecular weight is 265 g/mol. The molecule has 5 nitrogen and oxygen atoms in total. The van der Waals surface area contributed by atoms with Gasteiger partial charge in [0.25, 0.3) is 0 Å². The van der Waals surface area contributed by atoms with E-state index in [1.54, 1.807) is 0 Å². The lowest BCUT2D eigenvalue weighted by Crippen LogP contribution is -2.36. The maximum absolute atomic E-state index is 11.4. The fourth-order valence-electron chi connectivity index (χ4n) is 2.73. The van der Waals surface area contributed by atoms with Gasteiger partial charge in [0.2, 0.25) is 0 Å². The number of aromatic nitrogens is 2. The SMILES string of the molecule is COC(=O)C1CCC(NCCn2ccnc2C)CC1. The lowest BCUT2D eigenvalue weighted by atomic mass is 9.86. The van der Waals surface area contributed by atoms with Crippen LogP contribution in [0.4, 0.5) is 0 Å². The third-order valence-electron chi connectivity index (χ3n) is 3.97. The van der Waals surface area contributed by atoms with Gasteiger partial charge in [-0.1, -0.05) is 0 Å². The fraction of sp³-hybridized carbons (Fsp3) is 0.714. The molecule has 0 unspecified atom stereocenters. The Balaban J connectivity index is 1.66. The van der Waals surface area contributed by atoms with Crippen LogP contribution < -0.4 is 5.32 Å². The van der Waals surface area contributed by atoms with Crippen molar-refractivity contribution >= 4 is 5.97 Å². The fourth-order valence-corrected chi connectivity index (χ4v) is 2.73. The second kappa shape index (κ2) is 6.70. The molecule has 0 bridgehead atoms. The zero-order chi connectivity index (χ0) is 13.7. The van der Waals surface area contributed by atoms with Crippen LogP contribution >= 0.6 is 0 Å². The normalized spacial score (nSPS) is 23.3. The highest BCUT2D eigenvalue weighted by atomic mass is 16.5. The van der Waals surface area contributed by atoms with E-state index in [1.807, 2.05) is 19.3 Å². The van der Waals surface area contributed by atoms with Crippen LogP contribution in [0.15, 0.2) is 12.4 Å². The minimum absolute atomic E-state index is 0.0486. The van der Waals surface area contributed by atoms with Crippen LogP contribution in [0, 0.1) is 12.8 Å². The van der Waals surface area contributed by atoms with Crippen molar-refractivity contribution in [3.63, 3.8) is 0 Å². The molecule has 1 saturated carbocycles. The van der Waals surface area contributed by atoms with Crippen molar-refractivity contribution in [1.29, 1.82) is 0 Å². The van der Waals surface area contributed by atoms with E-state index in [9.17, 15) is 4.79 Å². The second-order valence-electron chi connectivity index (χ2n) is 5.19. The van der Waals surface area contributed by atoms with Crippen molar-refractivity contribution in [2.24, 2.45) is 5.92 Å². The first-order chi connectivity index (χ1) is 9.20. The first-order valence-corrected chi connectivity index (χ1v) is 6.99. The molecule has 5 heteroatoms. The molecule has 19 heavy (non-hydrogen) atoms. The molecule has 0 radical (unpaired) electrons. The van der Waals surface area contributed by atoms with Gasteiger partial charge < -0.3 is 14.6 Å². The minimum Gasteiger partial charge on any atom is -0.469 e. The number of nitrogens with one attached hydrogen (secondary N) is 1. The Labute approximate surface area is 114 Å². The van der Waals surface area contributed by atoms with E-state index in [4.69, 9.17) is 4.74 Å². The quantitative estimate of drug-likeness (QED) is 0.820. The summed E-state index contributed by atoms with van der Waals surface area (Å²) in [5.41, 5.74) is 0. The second-order valence-corrected chi connectivity index (χ2v) is 5.19. The van der Waals surface area contributed by atoms with Gasteiger partial charge in [0.1, 0.15) is 5.82 Å². The Morgan fingerprint density at radius 2 is 2.21 bits per heavy atom. The largest absolute Gasteiger partial charge is 0.469 e. The number of hydrogen-bond acceptors (Lipinski definition) is 4. The number of rotatable bonds is 5. The van der Waals surface area contributed by atoms with Crippen molar-refractivity contribution in [2.75, 3.05) is 13.7 Å². The number of methoxy groups -OCH3 is 1. The molecule has 0 spiro atoms. The van der Waals surface area contributed by atoms with Crippen LogP contribution in [0.25, 0.3) is 0 Å². The molecule has 0 saturated heterocycles. The number of aryl methyl sites for hydroxylation is 1. The molecule has 106 valence electrons. The topological polar surface area (TPSA) is 56.1 Å². The standard InChI is InChI=1S/C14H23N3O2/c1-11-15-7-9-17(11)10-8-16-13-5-3-12(4-6-13)14(18)19-2/h7,9,12-13,16H,3-6,8,10H2,1-2H3. The van der Waals surface area contributed by atoms with Gasteiger partial charge in [-0.3, -0.25) is 4.79 Å². The molecule has 0 aromatic carbocycles.